The largest absolute Gasteiger partial charge is 0.480 e. The molecule has 2 N–H and O–H groups in total. The molecule has 1 fully saturated rings. The Morgan fingerprint density at radius 2 is 2.11 bits per heavy atom. The minimum absolute atomic E-state index is 0.0181. The highest BCUT2D eigenvalue weighted by Gasteiger charge is 2.32. The average molecular weight is 473 g/mol. The van der Waals surface area contributed by atoms with Gasteiger partial charge in [0.05, 0.1) is 28.9 Å². The molecule has 35 heavy (non-hydrogen) atoms. The smallest absolute Gasteiger partial charge is 0.269 e. The van der Waals surface area contributed by atoms with E-state index >= 15 is 0 Å². The molecule has 4 heterocycles. The number of rotatable bonds is 7. The van der Waals surface area contributed by atoms with Gasteiger partial charge in [-0.05, 0) is 49.2 Å². The summed E-state index contributed by atoms with van der Waals surface area (Å²) in [5, 5.41) is 15.2. The molecule has 11 heteroatoms. The predicted molar refractivity (Wildman–Crippen MR) is 127 cm³/mol. The van der Waals surface area contributed by atoms with Crippen molar-refractivity contribution in [3.63, 3.8) is 0 Å². The van der Waals surface area contributed by atoms with Crippen LogP contribution in [0.3, 0.4) is 0 Å². The van der Waals surface area contributed by atoms with E-state index < -0.39 is 0 Å². The molecule has 2 aliphatic heterocycles. The second-order valence-electron chi connectivity index (χ2n) is 8.55. The zero-order chi connectivity index (χ0) is 24.4. The minimum atomic E-state index is -0.274. The summed E-state index contributed by atoms with van der Waals surface area (Å²) in [6.45, 7) is 2.29. The van der Waals surface area contributed by atoms with Crippen LogP contribution in [0.4, 0.5) is 11.6 Å². The maximum absolute atomic E-state index is 12.6. The van der Waals surface area contributed by atoms with Gasteiger partial charge in [0.1, 0.15) is 5.82 Å². The van der Waals surface area contributed by atoms with E-state index in [-0.39, 0.29) is 29.9 Å². The van der Waals surface area contributed by atoms with E-state index in [1.165, 1.54) is 6.20 Å². The molecule has 2 amide bonds. The molecule has 0 aliphatic carbocycles. The zero-order valence-electron chi connectivity index (χ0n) is 18.9. The summed E-state index contributed by atoms with van der Waals surface area (Å²) in [5.41, 5.74) is 1.59. The van der Waals surface area contributed by atoms with Gasteiger partial charge in [-0.15, -0.1) is 0 Å². The van der Waals surface area contributed by atoms with Crippen LogP contribution in [-0.2, 0) is 16.1 Å². The van der Waals surface area contributed by atoms with E-state index in [0.29, 0.717) is 73.0 Å². The molecule has 0 unspecified atom stereocenters. The van der Waals surface area contributed by atoms with Crippen LogP contribution in [0.2, 0.25) is 0 Å². The first kappa shape index (κ1) is 22.5. The van der Waals surface area contributed by atoms with Crippen molar-refractivity contribution in [2.45, 2.75) is 19.4 Å². The van der Waals surface area contributed by atoms with Crippen molar-refractivity contribution in [2.24, 2.45) is 5.92 Å². The highest BCUT2D eigenvalue weighted by atomic mass is 16.5. The van der Waals surface area contributed by atoms with E-state index in [9.17, 15) is 14.4 Å². The van der Waals surface area contributed by atoms with Gasteiger partial charge >= 0.3 is 0 Å². The van der Waals surface area contributed by atoms with E-state index in [1.807, 2.05) is 0 Å². The molecule has 1 atom stereocenters. The number of carbonyl (C=O) groups excluding carboxylic acids is 2. The predicted octanol–water partition coefficient (Wildman–Crippen LogP) is 1.03. The standard InChI is InChI=1S/C24H23N7O4/c25-10-15-2-3-17-18(8-15)30(23(34)12-27-17)7-1-6-26-11-16-9-22(33)31(13-16)20-5-4-19-24(28-20)29-21(32)14-35-19/h2-5,8,12,16,26H,1,6-7,9,11,13-14H2,(H,28,29,32)/t16-/m1/s1. The third-order valence-electron chi connectivity index (χ3n) is 6.09. The second kappa shape index (κ2) is 9.52. The number of carbonyl (C=O) groups is 2. The Hall–Kier alpha value is -4.30. The van der Waals surface area contributed by atoms with Crippen LogP contribution in [0.15, 0.2) is 41.3 Å². The number of benzene rings is 1. The van der Waals surface area contributed by atoms with Gasteiger partial charge in [-0.1, -0.05) is 0 Å². The molecule has 0 saturated carbocycles. The Bertz CT molecular complexity index is 1410. The molecule has 3 aromatic rings. The van der Waals surface area contributed by atoms with Crippen LogP contribution < -0.4 is 25.8 Å². The van der Waals surface area contributed by atoms with Crippen molar-refractivity contribution in [1.82, 2.24) is 19.9 Å². The van der Waals surface area contributed by atoms with Gasteiger partial charge in [0.15, 0.2) is 18.2 Å². The van der Waals surface area contributed by atoms with E-state index in [4.69, 9.17) is 10.00 Å². The van der Waals surface area contributed by atoms with Crippen LogP contribution in [0.5, 0.6) is 5.75 Å². The Morgan fingerprint density at radius 3 is 2.97 bits per heavy atom. The van der Waals surface area contributed by atoms with Crippen molar-refractivity contribution in [1.29, 1.82) is 5.26 Å². The number of fused-ring (bicyclic) bond motifs is 2. The minimum Gasteiger partial charge on any atom is -0.480 e. The second-order valence-corrected chi connectivity index (χ2v) is 8.55. The highest BCUT2D eigenvalue weighted by Crippen LogP contribution is 2.31. The van der Waals surface area contributed by atoms with Crippen LogP contribution in [0, 0.1) is 17.2 Å². The van der Waals surface area contributed by atoms with Crippen molar-refractivity contribution in [2.75, 3.05) is 36.5 Å². The summed E-state index contributed by atoms with van der Waals surface area (Å²) in [6, 6.07) is 10.6. The first-order valence-electron chi connectivity index (χ1n) is 11.4. The number of hydrogen-bond donors (Lipinski definition) is 2. The molecule has 5 rings (SSSR count). The molecule has 0 radical (unpaired) electrons. The molecule has 1 aromatic carbocycles. The molecular weight excluding hydrogens is 450 g/mol. The molecule has 11 nitrogen and oxygen atoms in total. The molecule has 2 aromatic heterocycles. The summed E-state index contributed by atoms with van der Waals surface area (Å²) in [5.74, 6) is 1.13. The summed E-state index contributed by atoms with van der Waals surface area (Å²) in [6.07, 6.45) is 2.40. The maximum atomic E-state index is 12.6. The Kier molecular flexibility index (Phi) is 6.12. The quantitative estimate of drug-likeness (QED) is 0.485. The molecule has 0 bridgehead atoms. The van der Waals surface area contributed by atoms with Crippen LogP contribution in [-0.4, -0.2) is 52.6 Å². The third-order valence-corrected chi connectivity index (χ3v) is 6.09. The van der Waals surface area contributed by atoms with Crippen LogP contribution in [0.25, 0.3) is 11.0 Å². The van der Waals surface area contributed by atoms with E-state index in [1.54, 1.807) is 39.8 Å². The molecule has 178 valence electrons. The lowest BCUT2D eigenvalue weighted by atomic mass is 10.1. The lowest BCUT2D eigenvalue weighted by Crippen LogP contribution is -2.30. The SMILES string of the molecule is N#Cc1ccc2ncc(=O)n(CCCNC[C@H]3CC(=O)N(c4ccc5c(n4)NC(=O)CO5)C3)c2c1. The van der Waals surface area contributed by atoms with Crippen molar-refractivity contribution < 1.29 is 14.3 Å². The van der Waals surface area contributed by atoms with Crippen molar-refractivity contribution in [3.05, 3.63) is 52.4 Å². The van der Waals surface area contributed by atoms with Gasteiger partial charge in [0, 0.05) is 26.1 Å². The van der Waals surface area contributed by atoms with Crippen LogP contribution in [0.1, 0.15) is 18.4 Å². The van der Waals surface area contributed by atoms with Gasteiger partial charge < -0.3 is 19.9 Å². The molecular formula is C24H23N7O4. The van der Waals surface area contributed by atoms with Gasteiger partial charge in [-0.3, -0.25) is 19.3 Å². The number of ether oxygens (including phenoxy) is 1. The van der Waals surface area contributed by atoms with E-state index in [0.717, 1.165) is 0 Å². The Labute approximate surface area is 200 Å². The maximum Gasteiger partial charge on any atom is 0.269 e. The number of amides is 2. The fraction of sp³-hybridized carbons (Fsp3) is 0.333. The number of nitriles is 1. The fourth-order valence-corrected chi connectivity index (χ4v) is 4.37. The first-order chi connectivity index (χ1) is 17.0. The monoisotopic (exact) mass is 473 g/mol. The molecule has 1 saturated heterocycles. The first-order valence-corrected chi connectivity index (χ1v) is 11.4. The fourth-order valence-electron chi connectivity index (χ4n) is 4.37. The summed E-state index contributed by atoms with van der Waals surface area (Å²) >= 11 is 0. The summed E-state index contributed by atoms with van der Waals surface area (Å²) in [7, 11) is 0. The van der Waals surface area contributed by atoms with Crippen molar-refractivity contribution in [3.8, 4) is 11.8 Å². The van der Waals surface area contributed by atoms with Gasteiger partial charge in [0.25, 0.3) is 11.5 Å². The number of aryl methyl sites for hydroxylation is 1. The van der Waals surface area contributed by atoms with E-state index in [2.05, 4.69) is 26.7 Å². The lowest BCUT2D eigenvalue weighted by Gasteiger charge is -2.21. The highest BCUT2D eigenvalue weighted by molar-refractivity contribution is 5.97. The van der Waals surface area contributed by atoms with Crippen molar-refractivity contribution >= 4 is 34.5 Å². The third kappa shape index (κ3) is 4.69. The number of anilines is 2. The Balaban J connectivity index is 1.15. The molecule has 0 spiro atoms. The number of aromatic nitrogens is 3. The van der Waals surface area contributed by atoms with Gasteiger partial charge in [0.2, 0.25) is 5.91 Å². The van der Waals surface area contributed by atoms with Gasteiger partial charge in [-0.2, -0.15) is 5.26 Å². The average Bonchev–Trinajstić information content (AvgIpc) is 3.24. The number of hydrogen-bond acceptors (Lipinski definition) is 8. The Morgan fingerprint density at radius 1 is 1.23 bits per heavy atom. The molecule has 2 aliphatic rings. The van der Waals surface area contributed by atoms with Gasteiger partial charge in [-0.25, -0.2) is 9.97 Å². The summed E-state index contributed by atoms with van der Waals surface area (Å²) < 4.78 is 6.96. The normalized spacial score (nSPS) is 17.1. The number of nitrogens with one attached hydrogen (secondary N) is 2. The number of nitrogens with zero attached hydrogens (tertiary/aromatic N) is 5. The topological polar surface area (TPSA) is 142 Å². The van der Waals surface area contributed by atoms with Crippen LogP contribution >= 0.6 is 0 Å². The number of pyridine rings is 1. The summed E-state index contributed by atoms with van der Waals surface area (Å²) in [4.78, 5) is 46.6. The zero-order valence-corrected chi connectivity index (χ0v) is 18.9. The lowest BCUT2D eigenvalue weighted by molar-refractivity contribution is -0.118.